The van der Waals surface area contributed by atoms with Gasteiger partial charge in [-0.15, -0.1) is 21.5 Å². The second kappa shape index (κ2) is 8.31. The van der Waals surface area contributed by atoms with Crippen molar-refractivity contribution in [1.29, 1.82) is 5.26 Å². The van der Waals surface area contributed by atoms with Gasteiger partial charge in [-0.3, -0.25) is 4.79 Å². The molecule has 3 heterocycles. The van der Waals surface area contributed by atoms with Crippen molar-refractivity contribution in [1.82, 2.24) is 24.8 Å². The topological polar surface area (TPSA) is 101 Å². The van der Waals surface area contributed by atoms with E-state index < -0.39 is 0 Å². The first kappa shape index (κ1) is 19.5. The van der Waals surface area contributed by atoms with Gasteiger partial charge in [0.05, 0.1) is 10.4 Å². The molecule has 0 atom stereocenters. The van der Waals surface area contributed by atoms with Crippen molar-refractivity contribution in [3.63, 3.8) is 0 Å². The lowest BCUT2D eigenvalue weighted by atomic mass is 10.2. The van der Waals surface area contributed by atoms with Gasteiger partial charge in [0.2, 0.25) is 11.7 Å². The van der Waals surface area contributed by atoms with Gasteiger partial charge in [-0.25, -0.2) is 0 Å². The Kier molecular flexibility index (Phi) is 5.41. The Balaban J connectivity index is 1.57. The number of nitriles is 1. The lowest BCUT2D eigenvalue weighted by molar-refractivity contribution is -0.117. The van der Waals surface area contributed by atoms with Crippen LogP contribution in [0.4, 0.5) is 5.82 Å². The fraction of sp³-hybridized carbons (Fsp3) is 0.190. The zero-order valence-electron chi connectivity index (χ0n) is 16.5. The van der Waals surface area contributed by atoms with Crippen LogP contribution < -0.4 is 5.32 Å². The van der Waals surface area contributed by atoms with Crippen LogP contribution in [0.15, 0.2) is 47.8 Å². The number of amides is 1. The molecular formula is C21H19N7OS. The molecule has 0 aliphatic heterocycles. The van der Waals surface area contributed by atoms with E-state index in [0.717, 1.165) is 21.7 Å². The van der Waals surface area contributed by atoms with Crippen molar-refractivity contribution in [2.24, 2.45) is 0 Å². The fourth-order valence-electron chi connectivity index (χ4n) is 3.21. The minimum Gasteiger partial charge on any atom is -0.326 e. The van der Waals surface area contributed by atoms with Gasteiger partial charge in [0.25, 0.3) is 0 Å². The average molecular weight is 417 g/mol. The summed E-state index contributed by atoms with van der Waals surface area (Å²) in [5.74, 6) is 0.642. The summed E-state index contributed by atoms with van der Waals surface area (Å²) in [6.45, 7) is 4.28. The molecule has 0 spiro atoms. The minimum atomic E-state index is -0.326. The molecule has 0 bridgehead atoms. The number of nitrogens with zero attached hydrogens (tertiary/aromatic N) is 6. The van der Waals surface area contributed by atoms with Crippen molar-refractivity contribution in [2.45, 2.75) is 26.9 Å². The number of aromatic nitrogens is 5. The van der Waals surface area contributed by atoms with Gasteiger partial charge in [-0.2, -0.15) is 10.1 Å². The maximum Gasteiger partial charge on any atom is 0.249 e. The molecule has 150 valence electrons. The first-order chi connectivity index (χ1) is 14.6. The molecule has 1 amide bonds. The summed E-state index contributed by atoms with van der Waals surface area (Å²) >= 11 is 1.50. The summed E-state index contributed by atoms with van der Waals surface area (Å²) in [6.07, 6.45) is 0. The van der Waals surface area contributed by atoms with Crippen LogP contribution in [0.25, 0.3) is 10.7 Å². The van der Waals surface area contributed by atoms with Crippen LogP contribution in [0.1, 0.15) is 22.4 Å². The van der Waals surface area contributed by atoms with Crippen LogP contribution in [0.2, 0.25) is 0 Å². The highest BCUT2D eigenvalue weighted by Gasteiger charge is 2.20. The molecule has 9 heteroatoms. The molecule has 0 aliphatic rings. The third-order valence-electron chi connectivity index (χ3n) is 4.86. The molecule has 30 heavy (non-hydrogen) atoms. The smallest absolute Gasteiger partial charge is 0.249 e. The normalized spacial score (nSPS) is 10.7. The maximum atomic E-state index is 12.7. The quantitative estimate of drug-likeness (QED) is 0.518. The summed E-state index contributed by atoms with van der Waals surface area (Å²) in [7, 11) is 0. The van der Waals surface area contributed by atoms with E-state index in [0.29, 0.717) is 23.8 Å². The number of hydrogen-bond donors (Lipinski definition) is 1. The molecule has 4 aromatic rings. The third kappa shape index (κ3) is 3.86. The van der Waals surface area contributed by atoms with E-state index in [1.54, 1.807) is 0 Å². The van der Waals surface area contributed by atoms with Gasteiger partial charge in [-0.1, -0.05) is 36.4 Å². The van der Waals surface area contributed by atoms with Crippen LogP contribution in [0.3, 0.4) is 0 Å². The molecular weight excluding hydrogens is 398 g/mol. The molecule has 0 unspecified atom stereocenters. The maximum absolute atomic E-state index is 12.7. The average Bonchev–Trinajstić information content (AvgIpc) is 3.47. The summed E-state index contributed by atoms with van der Waals surface area (Å²) in [6, 6.07) is 15.9. The Morgan fingerprint density at radius 3 is 2.70 bits per heavy atom. The summed E-state index contributed by atoms with van der Waals surface area (Å²) < 4.78 is 1.95. The number of nitrogens with one attached hydrogen (secondary N) is 1. The van der Waals surface area contributed by atoms with Crippen molar-refractivity contribution in [2.75, 3.05) is 5.32 Å². The number of thiophene rings is 1. The van der Waals surface area contributed by atoms with E-state index in [9.17, 15) is 10.1 Å². The largest absolute Gasteiger partial charge is 0.326 e. The third-order valence-corrected chi connectivity index (χ3v) is 5.73. The fourth-order valence-corrected chi connectivity index (χ4v) is 3.86. The zero-order chi connectivity index (χ0) is 21.1. The van der Waals surface area contributed by atoms with E-state index in [1.165, 1.54) is 16.1 Å². The number of carbonyl (C=O) groups excluding carboxylic acids is 1. The predicted molar refractivity (Wildman–Crippen MR) is 114 cm³/mol. The number of benzene rings is 1. The second-order valence-electron chi connectivity index (χ2n) is 6.79. The van der Waals surface area contributed by atoms with Gasteiger partial charge in [0, 0.05) is 12.2 Å². The lowest BCUT2D eigenvalue weighted by Gasteiger charge is -2.13. The van der Waals surface area contributed by atoms with E-state index in [-0.39, 0.29) is 12.5 Å². The molecule has 0 aliphatic carbocycles. The highest BCUT2D eigenvalue weighted by Crippen LogP contribution is 2.27. The molecule has 1 N–H and O–H groups in total. The van der Waals surface area contributed by atoms with Crippen LogP contribution in [0.5, 0.6) is 0 Å². The van der Waals surface area contributed by atoms with Gasteiger partial charge in [-0.05, 0) is 41.6 Å². The monoisotopic (exact) mass is 417 g/mol. The summed E-state index contributed by atoms with van der Waals surface area (Å²) in [5, 5.41) is 26.7. The lowest BCUT2D eigenvalue weighted by Crippen LogP contribution is -2.23. The van der Waals surface area contributed by atoms with Crippen LogP contribution in [-0.4, -0.2) is 30.7 Å². The van der Waals surface area contributed by atoms with E-state index >= 15 is 0 Å². The first-order valence-electron chi connectivity index (χ1n) is 9.32. The van der Waals surface area contributed by atoms with Crippen molar-refractivity contribution >= 4 is 23.1 Å². The molecule has 1 aromatic carbocycles. The Morgan fingerprint density at radius 2 is 2.00 bits per heavy atom. The minimum absolute atomic E-state index is 0.0993. The van der Waals surface area contributed by atoms with E-state index in [1.807, 2.05) is 66.3 Å². The van der Waals surface area contributed by atoms with Crippen LogP contribution >= 0.6 is 11.3 Å². The number of tetrazole rings is 1. The summed E-state index contributed by atoms with van der Waals surface area (Å²) in [5.41, 5.74) is 3.32. The molecule has 4 rings (SSSR count). The van der Waals surface area contributed by atoms with Crippen molar-refractivity contribution in [3.8, 4) is 16.8 Å². The van der Waals surface area contributed by atoms with E-state index in [2.05, 4.69) is 26.8 Å². The zero-order valence-corrected chi connectivity index (χ0v) is 17.3. The second-order valence-corrected chi connectivity index (χ2v) is 7.73. The van der Waals surface area contributed by atoms with Gasteiger partial charge >= 0.3 is 0 Å². The number of carbonyl (C=O) groups is 1. The van der Waals surface area contributed by atoms with Gasteiger partial charge < -0.3 is 9.88 Å². The van der Waals surface area contributed by atoms with Crippen LogP contribution in [0, 0.1) is 25.2 Å². The van der Waals surface area contributed by atoms with Gasteiger partial charge in [0.15, 0.2) is 0 Å². The number of hydrogen-bond acceptors (Lipinski definition) is 6. The Morgan fingerprint density at radius 1 is 1.20 bits per heavy atom. The van der Waals surface area contributed by atoms with Crippen molar-refractivity contribution < 1.29 is 4.79 Å². The molecule has 0 saturated carbocycles. The first-order valence-corrected chi connectivity index (χ1v) is 10.2. The van der Waals surface area contributed by atoms with Crippen molar-refractivity contribution in [3.05, 3.63) is 70.2 Å². The molecule has 0 fully saturated rings. The van der Waals surface area contributed by atoms with E-state index in [4.69, 9.17) is 0 Å². The number of anilines is 1. The molecule has 8 nitrogen and oxygen atoms in total. The standard InChI is InChI=1S/C21H19N7OS/c1-14-15(2)27(12-16-7-4-3-5-8-16)21(17(14)11-22)23-19(29)13-28-25-20(24-26-28)18-9-6-10-30-18/h3-10H,12-13H2,1-2H3,(H,23,29). The summed E-state index contributed by atoms with van der Waals surface area (Å²) in [4.78, 5) is 14.8. The predicted octanol–water partition coefficient (Wildman–Crippen LogP) is 3.38. The number of rotatable bonds is 6. The van der Waals surface area contributed by atoms with Crippen LogP contribution in [-0.2, 0) is 17.9 Å². The molecule has 0 saturated heterocycles. The Hall–Kier alpha value is -3.77. The Labute approximate surface area is 177 Å². The highest BCUT2D eigenvalue weighted by atomic mass is 32.1. The SMILES string of the molecule is Cc1c(C#N)c(NC(=O)Cn2nnc(-c3cccs3)n2)n(Cc2ccccc2)c1C. The highest BCUT2D eigenvalue weighted by molar-refractivity contribution is 7.13. The molecule has 3 aromatic heterocycles. The Bertz CT molecular complexity index is 1220. The van der Waals surface area contributed by atoms with Gasteiger partial charge in [0.1, 0.15) is 18.4 Å². The molecule has 0 radical (unpaired) electrons.